The van der Waals surface area contributed by atoms with Crippen molar-refractivity contribution < 1.29 is 0 Å². The van der Waals surface area contributed by atoms with Crippen molar-refractivity contribution in [3.63, 3.8) is 0 Å². The number of hydrogen-bond acceptors (Lipinski definition) is 1. The summed E-state index contributed by atoms with van der Waals surface area (Å²) in [5.41, 5.74) is 1.43. The Morgan fingerprint density at radius 2 is 1.62 bits per heavy atom. The van der Waals surface area contributed by atoms with E-state index in [1.54, 1.807) is 0 Å². The van der Waals surface area contributed by atoms with Gasteiger partial charge >= 0.3 is 0 Å². The second-order valence-corrected chi connectivity index (χ2v) is 4.96. The van der Waals surface area contributed by atoms with E-state index in [4.69, 9.17) is 0 Å². The third-order valence-corrected chi connectivity index (χ3v) is 3.41. The molecule has 0 saturated carbocycles. The monoisotopic (exact) mass is 228 g/mol. The maximum atomic E-state index is 2.29. The highest BCUT2D eigenvalue weighted by molar-refractivity contribution is 7.99. The summed E-state index contributed by atoms with van der Waals surface area (Å²) in [5, 5.41) is 0. The minimum Gasteiger partial charge on any atom is -0.0901 e. The summed E-state index contributed by atoms with van der Waals surface area (Å²) in [7, 11) is 0. The van der Waals surface area contributed by atoms with Gasteiger partial charge in [0.1, 0.15) is 0 Å². The first-order valence-electron chi connectivity index (χ1n) is 5.70. The van der Waals surface area contributed by atoms with Crippen LogP contribution >= 0.6 is 11.8 Å². The summed E-state index contributed by atoms with van der Waals surface area (Å²) < 4.78 is 0. The molecule has 16 heavy (non-hydrogen) atoms. The SMILES string of the molecule is CCCc1cccc(Sc2ccccc2)c1. The summed E-state index contributed by atoms with van der Waals surface area (Å²) >= 11 is 1.83. The molecule has 0 unspecified atom stereocenters. The lowest BCUT2D eigenvalue weighted by atomic mass is 10.1. The smallest absolute Gasteiger partial charge is 0.0125 e. The van der Waals surface area contributed by atoms with Crippen molar-refractivity contribution in [1.82, 2.24) is 0 Å². The van der Waals surface area contributed by atoms with Crippen LogP contribution in [-0.2, 0) is 6.42 Å². The zero-order chi connectivity index (χ0) is 11.2. The number of rotatable bonds is 4. The molecule has 0 spiro atoms. The van der Waals surface area contributed by atoms with E-state index in [9.17, 15) is 0 Å². The van der Waals surface area contributed by atoms with E-state index in [1.165, 1.54) is 28.2 Å². The number of aryl methyl sites for hydroxylation is 1. The van der Waals surface area contributed by atoms with Gasteiger partial charge in [0, 0.05) is 9.79 Å². The van der Waals surface area contributed by atoms with Gasteiger partial charge in [0.15, 0.2) is 0 Å². The molecule has 0 saturated heterocycles. The molecule has 0 nitrogen and oxygen atoms in total. The zero-order valence-electron chi connectivity index (χ0n) is 9.52. The second-order valence-electron chi connectivity index (χ2n) is 3.81. The predicted molar refractivity (Wildman–Crippen MR) is 71.0 cm³/mol. The molecule has 0 aliphatic carbocycles. The van der Waals surface area contributed by atoms with Gasteiger partial charge in [-0.15, -0.1) is 0 Å². The Morgan fingerprint density at radius 1 is 0.875 bits per heavy atom. The van der Waals surface area contributed by atoms with Crippen molar-refractivity contribution in [2.24, 2.45) is 0 Å². The maximum Gasteiger partial charge on any atom is 0.0125 e. The molecule has 0 radical (unpaired) electrons. The molecule has 0 aliphatic rings. The van der Waals surface area contributed by atoms with Gasteiger partial charge in [-0.3, -0.25) is 0 Å². The molecule has 2 aromatic rings. The van der Waals surface area contributed by atoms with E-state index in [2.05, 4.69) is 61.5 Å². The maximum absolute atomic E-state index is 2.29. The van der Waals surface area contributed by atoms with Crippen molar-refractivity contribution in [3.05, 3.63) is 60.2 Å². The summed E-state index contributed by atoms with van der Waals surface area (Å²) in [5.74, 6) is 0. The lowest BCUT2D eigenvalue weighted by Gasteiger charge is -2.04. The van der Waals surface area contributed by atoms with Crippen molar-refractivity contribution in [1.29, 1.82) is 0 Å². The molecule has 1 heteroatoms. The second kappa shape index (κ2) is 5.76. The van der Waals surface area contributed by atoms with Crippen LogP contribution in [-0.4, -0.2) is 0 Å². The Balaban J connectivity index is 2.12. The highest BCUT2D eigenvalue weighted by atomic mass is 32.2. The normalized spacial score (nSPS) is 10.3. The standard InChI is InChI=1S/C15H16S/c1-2-7-13-8-6-11-15(12-13)16-14-9-4-3-5-10-14/h3-6,8-12H,2,7H2,1H3. The number of hydrogen-bond donors (Lipinski definition) is 0. The van der Waals surface area contributed by atoms with Gasteiger partial charge in [-0.25, -0.2) is 0 Å². The first-order chi connectivity index (χ1) is 7.88. The lowest BCUT2D eigenvalue weighted by Crippen LogP contribution is -1.82. The summed E-state index contributed by atoms with van der Waals surface area (Å²) in [6.07, 6.45) is 2.38. The zero-order valence-corrected chi connectivity index (χ0v) is 10.3. The molecule has 0 fully saturated rings. The molecule has 0 N–H and O–H groups in total. The van der Waals surface area contributed by atoms with Gasteiger partial charge in [-0.05, 0) is 36.2 Å². The van der Waals surface area contributed by atoms with Crippen LogP contribution in [0.25, 0.3) is 0 Å². The average molecular weight is 228 g/mol. The van der Waals surface area contributed by atoms with Gasteiger partial charge in [0.05, 0.1) is 0 Å². The largest absolute Gasteiger partial charge is 0.0901 e. The quantitative estimate of drug-likeness (QED) is 0.725. The first-order valence-corrected chi connectivity index (χ1v) is 6.52. The highest BCUT2D eigenvalue weighted by Crippen LogP contribution is 2.27. The summed E-state index contributed by atoms with van der Waals surface area (Å²) in [4.78, 5) is 2.63. The Bertz CT molecular complexity index is 434. The minimum atomic E-state index is 1.17. The molecular formula is C15H16S. The molecule has 0 aliphatic heterocycles. The van der Waals surface area contributed by atoms with Crippen LogP contribution in [0.4, 0.5) is 0 Å². The predicted octanol–water partition coefficient (Wildman–Crippen LogP) is 4.79. The van der Waals surface area contributed by atoms with Crippen LogP contribution in [0.5, 0.6) is 0 Å². The van der Waals surface area contributed by atoms with Crippen molar-refractivity contribution in [3.8, 4) is 0 Å². The molecule has 2 rings (SSSR count). The molecule has 82 valence electrons. The fourth-order valence-corrected chi connectivity index (χ4v) is 2.60. The average Bonchev–Trinajstić information content (AvgIpc) is 2.31. The van der Waals surface area contributed by atoms with E-state index in [0.29, 0.717) is 0 Å². The van der Waals surface area contributed by atoms with E-state index < -0.39 is 0 Å². The van der Waals surface area contributed by atoms with E-state index in [-0.39, 0.29) is 0 Å². The van der Waals surface area contributed by atoms with Gasteiger partial charge in [-0.1, -0.05) is 55.4 Å². The Kier molecular flexibility index (Phi) is 4.06. The minimum absolute atomic E-state index is 1.17. The molecule has 0 aromatic heterocycles. The van der Waals surface area contributed by atoms with Gasteiger partial charge < -0.3 is 0 Å². The topological polar surface area (TPSA) is 0 Å². The Morgan fingerprint density at radius 3 is 2.38 bits per heavy atom. The lowest BCUT2D eigenvalue weighted by molar-refractivity contribution is 0.918. The van der Waals surface area contributed by atoms with Crippen LogP contribution < -0.4 is 0 Å². The molecule has 2 aromatic carbocycles. The Labute approximate surface area is 102 Å². The van der Waals surface area contributed by atoms with Gasteiger partial charge in [0.25, 0.3) is 0 Å². The molecule has 0 atom stereocenters. The van der Waals surface area contributed by atoms with Crippen LogP contribution in [0.2, 0.25) is 0 Å². The van der Waals surface area contributed by atoms with E-state index in [0.717, 1.165) is 0 Å². The van der Waals surface area contributed by atoms with Crippen LogP contribution in [0.3, 0.4) is 0 Å². The number of benzene rings is 2. The van der Waals surface area contributed by atoms with Gasteiger partial charge in [-0.2, -0.15) is 0 Å². The molecule has 0 amide bonds. The van der Waals surface area contributed by atoms with Gasteiger partial charge in [0.2, 0.25) is 0 Å². The van der Waals surface area contributed by atoms with Crippen LogP contribution in [0.15, 0.2) is 64.4 Å². The third kappa shape index (κ3) is 3.14. The van der Waals surface area contributed by atoms with Crippen LogP contribution in [0.1, 0.15) is 18.9 Å². The van der Waals surface area contributed by atoms with Crippen molar-refractivity contribution >= 4 is 11.8 Å². The Hall–Kier alpha value is -1.21. The molecular weight excluding hydrogens is 212 g/mol. The third-order valence-electron chi connectivity index (χ3n) is 2.42. The fourth-order valence-electron chi connectivity index (χ4n) is 1.68. The first kappa shape index (κ1) is 11.3. The summed E-state index contributed by atoms with van der Waals surface area (Å²) in [6, 6.07) is 19.3. The van der Waals surface area contributed by atoms with E-state index in [1.807, 2.05) is 11.8 Å². The van der Waals surface area contributed by atoms with Crippen molar-refractivity contribution in [2.45, 2.75) is 29.6 Å². The fraction of sp³-hybridized carbons (Fsp3) is 0.200. The molecule has 0 bridgehead atoms. The summed E-state index contributed by atoms with van der Waals surface area (Å²) in [6.45, 7) is 2.22. The van der Waals surface area contributed by atoms with E-state index >= 15 is 0 Å². The van der Waals surface area contributed by atoms with Crippen molar-refractivity contribution in [2.75, 3.05) is 0 Å². The molecule has 0 heterocycles. The van der Waals surface area contributed by atoms with Crippen LogP contribution in [0, 0.1) is 0 Å². The highest BCUT2D eigenvalue weighted by Gasteiger charge is 1.98.